The number of hydrogen-bond acceptors (Lipinski definition) is 7. The Morgan fingerprint density at radius 3 is 2.29 bits per heavy atom. The fourth-order valence-electron chi connectivity index (χ4n) is 5.67. The molecule has 3 aliphatic rings. The fraction of sp³-hybridized carbons (Fsp3) is 0.654. The van der Waals surface area contributed by atoms with Crippen molar-refractivity contribution in [3.8, 4) is 6.07 Å². The molecule has 1 aromatic carbocycles. The molecule has 0 aliphatic carbocycles. The lowest BCUT2D eigenvalue weighted by atomic mass is 10.0. The van der Waals surface area contributed by atoms with Crippen molar-refractivity contribution in [1.29, 1.82) is 5.26 Å². The van der Waals surface area contributed by atoms with Gasteiger partial charge in [0.05, 0.1) is 0 Å². The molecule has 0 aromatic heterocycles. The molecule has 0 bridgehead atoms. The zero-order valence-electron chi connectivity index (χ0n) is 20.5. The van der Waals surface area contributed by atoms with Crippen LogP contribution in [0.1, 0.15) is 44.1 Å². The van der Waals surface area contributed by atoms with E-state index < -0.39 is 9.84 Å². The Hall–Kier alpha value is -2.08. The predicted molar refractivity (Wildman–Crippen MR) is 135 cm³/mol. The molecule has 0 amide bonds. The van der Waals surface area contributed by atoms with E-state index in [4.69, 9.17) is 0 Å². The SMILES string of the molecule is CS(=O)(=O)C(C#N)=C1N(CCCN2CCCCC2)CCN1C1CCN(Cc2ccccc2)CC1. The van der Waals surface area contributed by atoms with E-state index in [-0.39, 0.29) is 10.9 Å². The first-order valence-corrected chi connectivity index (χ1v) is 14.7. The topological polar surface area (TPSA) is 70.9 Å². The Labute approximate surface area is 205 Å². The van der Waals surface area contributed by atoms with E-state index in [1.54, 1.807) is 0 Å². The number of allylic oxidation sites excluding steroid dienone is 1. The van der Waals surface area contributed by atoms with E-state index in [1.807, 2.05) is 6.07 Å². The molecule has 7 nitrogen and oxygen atoms in total. The average molecular weight is 486 g/mol. The normalized spacial score (nSPS) is 22.7. The highest BCUT2D eigenvalue weighted by atomic mass is 32.2. The van der Waals surface area contributed by atoms with Crippen LogP contribution in [0.25, 0.3) is 0 Å². The minimum atomic E-state index is -3.59. The first-order valence-electron chi connectivity index (χ1n) is 12.8. The second-order valence-corrected chi connectivity index (χ2v) is 11.9. The van der Waals surface area contributed by atoms with Gasteiger partial charge in [-0.05, 0) is 57.3 Å². The summed E-state index contributed by atoms with van der Waals surface area (Å²) < 4.78 is 25.1. The second kappa shape index (κ2) is 11.6. The molecule has 3 heterocycles. The van der Waals surface area contributed by atoms with Gasteiger partial charge in [0.2, 0.25) is 0 Å². The second-order valence-electron chi connectivity index (χ2n) is 9.97. The highest BCUT2D eigenvalue weighted by Crippen LogP contribution is 2.31. The van der Waals surface area contributed by atoms with Crippen molar-refractivity contribution in [2.24, 2.45) is 0 Å². The molecule has 3 fully saturated rings. The highest BCUT2D eigenvalue weighted by Gasteiger charge is 2.37. The standard InChI is InChI=1S/C26H39N5O2S/c1-34(32,33)25(21-27)26-30(16-8-15-28-13-6-3-7-14-28)19-20-31(26)24-11-17-29(18-12-24)22-23-9-4-2-5-10-23/h2,4-5,9-10,24H,3,6-8,11-20,22H2,1H3. The molecule has 0 saturated carbocycles. The number of likely N-dealkylation sites (tertiary alicyclic amines) is 2. The van der Waals surface area contributed by atoms with Gasteiger partial charge >= 0.3 is 0 Å². The monoisotopic (exact) mass is 485 g/mol. The van der Waals surface area contributed by atoms with Crippen LogP contribution in [-0.2, 0) is 16.4 Å². The molecule has 3 aliphatic heterocycles. The first kappa shape index (κ1) is 25.0. The zero-order chi connectivity index (χ0) is 24.0. The van der Waals surface area contributed by atoms with Gasteiger partial charge in [0.25, 0.3) is 0 Å². The lowest BCUT2D eigenvalue weighted by molar-refractivity contribution is 0.133. The Morgan fingerprint density at radius 1 is 0.941 bits per heavy atom. The summed E-state index contributed by atoms with van der Waals surface area (Å²) in [6, 6.07) is 12.9. The van der Waals surface area contributed by atoms with E-state index in [0.29, 0.717) is 5.82 Å². The minimum Gasteiger partial charge on any atom is -0.355 e. The number of sulfone groups is 1. The number of benzene rings is 1. The summed E-state index contributed by atoms with van der Waals surface area (Å²) in [6.45, 7) is 8.69. The van der Waals surface area contributed by atoms with Crippen LogP contribution in [0.5, 0.6) is 0 Å². The van der Waals surface area contributed by atoms with Gasteiger partial charge in [-0.25, -0.2) is 8.42 Å². The molecule has 0 atom stereocenters. The van der Waals surface area contributed by atoms with Gasteiger partial charge in [-0.2, -0.15) is 5.26 Å². The van der Waals surface area contributed by atoms with Crippen molar-refractivity contribution < 1.29 is 8.42 Å². The van der Waals surface area contributed by atoms with Crippen molar-refractivity contribution in [3.63, 3.8) is 0 Å². The van der Waals surface area contributed by atoms with Crippen molar-refractivity contribution in [2.75, 3.05) is 58.6 Å². The van der Waals surface area contributed by atoms with Crippen LogP contribution in [0.3, 0.4) is 0 Å². The fourth-order valence-corrected chi connectivity index (χ4v) is 6.41. The molecule has 0 spiro atoms. The minimum absolute atomic E-state index is 0.0605. The third kappa shape index (κ3) is 6.32. The third-order valence-electron chi connectivity index (χ3n) is 7.46. The predicted octanol–water partition coefficient (Wildman–Crippen LogP) is 2.88. The van der Waals surface area contributed by atoms with Gasteiger partial charge in [-0.3, -0.25) is 4.90 Å². The Morgan fingerprint density at radius 2 is 1.65 bits per heavy atom. The summed E-state index contributed by atoms with van der Waals surface area (Å²) in [6.07, 6.45) is 8.02. The van der Waals surface area contributed by atoms with Crippen molar-refractivity contribution in [2.45, 2.75) is 51.1 Å². The lowest BCUT2D eigenvalue weighted by Gasteiger charge is -2.39. The Kier molecular flexibility index (Phi) is 8.51. The molecule has 0 N–H and O–H groups in total. The van der Waals surface area contributed by atoms with E-state index >= 15 is 0 Å². The van der Waals surface area contributed by atoms with Gasteiger partial charge < -0.3 is 14.7 Å². The maximum atomic E-state index is 12.5. The van der Waals surface area contributed by atoms with Crippen molar-refractivity contribution >= 4 is 9.84 Å². The summed E-state index contributed by atoms with van der Waals surface area (Å²) in [5.74, 6) is 0.658. The van der Waals surface area contributed by atoms with Crippen LogP contribution in [0.2, 0.25) is 0 Å². The van der Waals surface area contributed by atoms with Crippen molar-refractivity contribution in [3.05, 3.63) is 46.6 Å². The van der Waals surface area contributed by atoms with Crippen LogP contribution in [0.4, 0.5) is 0 Å². The van der Waals surface area contributed by atoms with Gasteiger partial charge in [-0.1, -0.05) is 36.8 Å². The number of nitrogens with zero attached hydrogens (tertiary/aromatic N) is 5. The number of hydrogen-bond donors (Lipinski definition) is 0. The summed E-state index contributed by atoms with van der Waals surface area (Å²) in [7, 11) is -3.59. The van der Waals surface area contributed by atoms with Gasteiger partial charge in [0, 0.05) is 51.6 Å². The molecule has 0 unspecified atom stereocenters. The van der Waals surface area contributed by atoms with E-state index in [9.17, 15) is 13.7 Å². The van der Waals surface area contributed by atoms with Gasteiger partial charge in [-0.15, -0.1) is 0 Å². The summed E-state index contributed by atoms with van der Waals surface area (Å²) in [5, 5.41) is 9.83. The summed E-state index contributed by atoms with van der Waals surface area (Å²) >= 11 is 0. The maximum Gasteiger partial charge on any atom is 0.189 e. The Bertz CT molecular complexity index is 974. The number of piperidine rings is 2. The smallest absolute Gasteiger partial charge is 0.189 e. The molecule has 186 valence electrons. The van der Waals surface area contributed by atoms with Gasteiger partial charge in [0.1, 0.15) is 11.9 Å². The molecule has 4 rings (SSSR count). The van der Waals surface area contributed by atoms with Crippen LogP contribution in [0, 0.1) is 11.3 Å². The molecule has 1 aromatic rings. The van der Waals surface area contributed by atoms with E-state index in [2.05, 4.69) is 49.9 Å². The highest BCUT2D eigenvalue weighted by molar-refractivity contribution is 7.94. The first-order chi connectivity index (χ1) is 16.5. The number of nitriles is 1. The van der Waals surface area contributed by atoms with Crippen LogP contribution < -0.4 is 0 Å². The lowest BCUT2D eigenvalue weighted by Crippen LogP contribution is -2.44. The van der Waals surface area contributed by atoms with E-state index in [0.717, 1.165) is 65.1 Å². The largest absolute Gasteiger partial charge is 0.355 e. The summed E-state index contributed by atoms with van der Waals surface area (Å²) in [5.41, 5.74) is 1.33. The zero-order valence-corrected chi connectivity index (χ0v) is 21.3. The molecule has 34 heavy (non-hydrogen) atoms. The quantitative estimate of drug-likeness (QED) is 0.525. The molecular formula is C26H39N5O2S. The maximum absolute atomic E-state index is 12.5. The van der Waals surface area contributed by atoms with Crippen molar-refractivity contribution in [1.82, 2.24) is 19.6 Å². The molecule has 0 radical (unpaired) electrons. The van der Waals surface area contributed by atoms with E-state index in [1.165, 1.54) is 44.2 Å². The van der Waals surface area contributed by atoms with Crippen LogP contribution in [-0.4, -0.2) is 92.7 Å². The molecular weight excluding hydrogens is 446 g/mol. The Balaban J connectivity index is 1.41. The summed E-state index contributed by atoms with van der Waals surface area (Å²) in [4.78, 5) is 9.34. The molecule has 3 saturated heterocycles. The van der Waals surface area contributed by atoms with Crippen LogP contribution in [0.15, 0.2) is 41.1 Å². The molecule has 8 heteroatoms. The third-order valence-corrected chi connectivity index (χ3v) is 8.47. The number of rotatable bonds is 8. The van der Waals surface area contributed by atoms with Crippen LogP contribution >= 0.6 is 0 Å². The average Bonchev–Trinajstić information content (AvgIpc) is 3.24. The van der Waals surface area contributed by atoms with Gasteiger partial charge in [0.15, 0.2) is 14.7 Å².